The van der Waals surface area contributed by atoms with Crippen LogP contribution in [0.3, 0.4) is 0 Å². The van der Waals surface area contributed by atoms with Gasteiger partial charge in [-0.25, -0.2) is 9.18 Å². The molecule has 0 saturated heterocycles. The van der Waals surface area contributed by atoms with Gasteiger partial charge in [-0.1, -0.05) is 12.1 Å². The van der Waals surface area contributed by atoms with Crippen molar-refractivity contribution in [2.45, 2.75) is 19.4 Å². The molecule has 4 nitrogen and oxygen atoms in total. The first-order valence-corrected chi connectivity index (χ1v) is 5.47. The van der Waals surface area contributed by atoms with E-state index in [9.17, 15) is 14.0 Å². The number of aryl methyl sites for hydroxylation is 1. The van der Waals surface area contributed by atoms with Crippen LogP contribution in [0.15, 0.2) is 30.5 Å². The predicted molar refractivity (Wildman–Crippen MR) is 62.5 cm³/mol. The van der Waals surface area contributed by atoms with Crippen LogP contribution in [0.4, 0.5) is 9.18 Å². The molecule has 0 saturated carbocycles. The first-order chi connectivity index (χ1) is 8.50. The summed E-state index contributed by atoms with van der Waals surface area (Å²) in [5, 5.41) is 9.08. The highest BCUT2D eigenvalue weighted by atomic mass is 19.1. The number of rotatable bonds is 1. The van der Waals surface area contributed by atoms with Gasteiger partial charge in [0.15, 0.2) is 5.78 Å². The van der Waals surface area contributed by atoms with E-state index in [-0.39, 0.29) is 12.2 Å². The number of nitrogens with zero attached hydrogens (tertiary/aromatic N) is 1. The van der Waals surface area contributed by atoms with Crippen LogP contribution in [0.25, 0.3) is 0 Å². The Labute approximate surface area is 103 Å². The smallest absolute Gasteiger partial charge is 0.412 e. The maximum absolute atomic E-state index is 13.0. The van der Waals surface area contributed by atoms with Crippen molar-refractivity contribution < 1.29 is 19.1 Å². The van der Waals surface area contributed by atoms with Crippen molar-refractivity contribution in [3.05, 3.63) is 47.4 Å². The number of carbonyl (C=O) groups excluding carboxylic acids is 1. The van der Waals surface area contributed by atoms with Crippen LogP contribution in [0.5, 0.6) is 0 Å². The number of allylic oxidation sites excluding steroid dienone is 1. The molecule has 0 bridgehead atoms. The van der Waals surface area contributed by atoms with Crippen molar-refractivity contribution in [2.24, 2.45) is 0 Å². The third-order valence-electron chi connectivity index (χ3n) is 2.92. The molecule has 0 fully saturated rings. The van der Waals surface area contributed by atoms with E-state index in [2.05, 4.69) is 0 Å². The van der Waals surface area contributed by atoms with Gasteiger partial charge in [-0.15, -0.1) is 0 Å². The Kier molecular flexibility index (Phi) is 3.14. The minimum Gasteiger partial charge on any atom is -0.465 e. The summed E-state index contributed by atoms with van der Waals surface area (Å²) >= 11 is 0. The van der Waals surface area contributed by atoms with Crippen LogP contribution in [0.1, 0.15) is 23.6 Å². The molecule has 0 radical (unpaired) electrons. The summed E-state index contributed by atoms with van der Waals surface area (Å²) in [5.41, 5.74) is 1.09. The fourth-order valence-corrected chi connectivity index (χ4v) is 2.08. The molecular formula is C13H12FNO3. The highest BCUT2D eigenvalue weighted by molar-refractivity contribution is 5.91. The number of Topliss-reactive ketones (excluding diaryl/α,β-unsaturated/α-hetero) is 1. The third kappa shape index (κ3) is 2.11. The zero-order chi connectivity index (χ0) is 13.3. The van der Waals surface area contributed by atoms with E-state index in [1.807, 2.05) is 0 Å². The number of ketones is 1. The Morgan fingerprint density at radius 3 is 2.83 bits per heavy atom. The van der Waals surface area contributed by atoms with Gasteiger partial charge < -0.3 is 5.11 Å². The van der Waals surface area contributed by atoms with Crippen molar-refractivity contribution >= 4 is 11.9 Å². The summed E-state index contributed by atoms with van der Waals surface area (Å²) in [6.45, 7) is 1.66. The number of carboxylic acid groups (broad SMARTS) is 1. The second kappa shape index (κ2) is 4.60. The maximum atomic E-state index is 13.0. The lowest BCUT2D eigenvalue weighted by molar-refractivity contribution is -0.123. The van der Waals surface area contributed by atoms with Crippen LogP contribution in [0.2, 0.25) is 0 Å². The van der Waals surface area contributed by atoms with E-state index in [1.165, 1.54) is 30.5 Å². The van der Waals surface area contributed by atoms with Gasteiger partial charge >= 0.3 is 6.09 Å². The molecule has 18 heavy (non-hydrogen) atoms. The van der Waals surface area contributed by atoms with Gasteiger partial charge in [0.05, 0.1) is 0 Å². The lowest BCUT2D eigenvalue weighted by atomic mass is 9.93. The second-order valence-corrected chi connectivity index (χ2v) is 4.15. The van der Waals surface area contributed by atoms with Gasteiger partial charge in [-0.3, -0.25) is 9.69 Å². The number of hydrogen-bond donors (Lipinski definition) is 1. The molecule has 0 aromatic heterocycles. The van der Waals surface area contributed by atoms with Gasteiger partial charge in [0.1, 0.15) is 11.9 Å². The molecule has 94 valence electrons. The fourth-order valence-electron chi connectivity index (χ4n) is 2.08. The van der Waals surface area contributed by atoms with Crippen molar-refractivity contribution in [1.29, 1.82) is 0 Å². The Morgan fingerprint density at radius 1 is 1.50 bits per heavy atom. The fraction of sp³-hybridized carbons (Fsp3) is 0.231. The zero-order valence-electron chi connectivity index (χ0n) is 9.76. The van der Waals surface area contributed by atoms with Crippen molar-refractivity contribution in [3.8, 4) is 0 Å². The summed E-state index contributed by atoms with van der Waals surface area (Å²) < 4.78 is 13.0. The Morgan fingerprint density at radius 2 is 2.22 bits per heavy atom. The van der Waals surface area contributed by atoms with E-state index >= 15 is 0 Å². The van der Waals surface area contributed by atoms with E-state index < -0.39 is 18.0 Å². The third-order valence-corrected chi connectivity index (χ3v) is 2.92. The van der Waals surface area contributed by atoms with Gasteiger partial charge in [0.2, 0.25) is 0 Å². The molecule has 0 unspecified atom stereocenters. The number of amides is 1. The average Bonchev–Trinajstić information content (AvgIpc) is 2.29. The van der Waals surface area contributed by atoms with E-state index in [4.69, 9.17) is 5.11 Å². The quantitative estimate of drug-likeness (QED) is 0.832. The molecule has 1 atom stereocenters. The summed E-state index contributed by atoms with van der Waals surface area (Å²) in [6.07, 6.45) is 1.86. The van der Waals surface area contributed by atoms with Crippen molar-refractivity contribution in [1.82, 2.24) is 4.90 Å². The summed E-state index contributed by atoms with van der Waals surface area (Å²) in [7, 11) is 0. The number of benzene rings is 1. The normalized spacial score (nSPS) is 19.1. The molecule has 5 heteroatoms. The molecule has 1 amide bonds. The number of carbonyl (C=O) groups is 2. The average molecular weight is 249 g/mol. The molecule has 0 aliphatic carbocycles. The minimum absolute atomic E-state index is 0.186. The largest absolute Gasteiger partial charge is 0.465 e. The molecule has 0 spiro atoms. The minimum atomic E-state index is -1.20. The summed E-state index contributed by atoms with van der Waals surface area (Å²) in [5.74, 6) is -0.619. The standard InChI is InChI=1S/C13H12FNO3/c1-8-7-9(14)4-5-10(8)12-11(16)3-2-6-15(12)13(17)18/h2,4-7,12H,3H2,1H3,(H,17,18)/t12-/m1/s1. The molecular weight excluding hydrogens is 237 g/mol. The van der Waals surface area contributed by atoms with E-state index in [0.717, 1.165) is 4.90 Å². The molecule has 1 aliphatic heterocycles. The monoisotopic (exact) mass is 249 g/mol. The van der Waals surface area contributed by atoms with Crippen LogP contribution in [-0.4, -0.2) is 21.9 Å². The van der Waals surface area contributed by atoms with Gasteiger partial charge in [-0.2, -0.15) is 0 Å². The van der Waals surface area contributed by atoms with Crippen molar-refractivity contribution in [2.75, 3.05) is 0 Å². The lowest BCUT2D eigenvalue weighted by Crippen LogP contribution is -2.36. The SMILES string of the molecule is Cc1cc(F)ccc1[C@@H]1C(=O)CC=CN1C(=O)O. The maximum Gasteiger partial charge on any atom is 0.412 e. The highest BCUT2D eigenvalue weighted by Gasteiger charge is 2.32. The Balaban J connectivity index is 2.48. The first-order valence-electron chi connectivity index (χ1n) is 5.47. The number of hydrogen-bond acceptors (Lipinski definition) is 2. The lowest BCUT2D eigenvalue weighted by Gasteiger charge is -2.29. The topological polar surface area (TPSA) is 57.6 Å². The van der Waals surface area contributed by atoms with Crippen LogP contribution in [0, 0.1) is 12.7 Å². The van der Waals surface area contributed by atoms with Crippen LogP contribution in [-0.2, 0) is 4.79 Å². The predicted octanol–water partition coefficient (Wildman–Crippen LogP) is 2.64. The van der Waals surface area contributed by atoms with E-state index in [0.29, 0.717) is 11.1 Å². The highest BCUT2D eigenvalue weighted by Crippen LogP contribution is 2.29. The van der Waals surface area contributed by atoms with Gasteiger partial charge in [-0.05, 0) is 30.2 Å². The Hall–Kier alpha value is -2.17. The molecule has 2 rings (SSSR count). The molecule has 1 N–H and O–H groups in total. The van der Waals surface area contributed by atoms with Gasteiger partial charge in [0, 0.05) is 12.6 Å². The van der Waals surface area contributed by atoms with Crippen molar-refractivity contribution in [3.63, 3.8) is 0 Å². The number of halogens is 1. The Bertz CT molecular complexity index is 539. The second-order valence-electron chi connectivity index (χ2n) is 4.15. The summed E-state index contributed by atoms with van der Waals surface area (Å²) in [4.78, 5) is 24.0. The first kappa shape index (κ1) is 12.3. The van der Waals surface area contributed by atoms with E-state index in [1.54, 1.807) is 6.92 Å². The van der Waals surface area contributed by atoms with Crippen LogP contribution >= 0.6 is 0 Å². The molecule has 1 heterocycles. The summed E-state index contributed by atoms with van der Waals surface area (Å²) in [6, 6.07) is 3.10. The molecule has 1 aromatic rings. The molecule has 1 aromatic carbocycles. The van der Waals surface area contributed by atoms with Crippen LogP contribution < -0.4 is 0 Å². The van der Waals surface area contributed by atoms with Gasteiger partial charge in [0.25, 0.3) is 0 Å². The molecule has 1 aliphatic rings. The zero-order valence-corrected chi connectivity index (χ0v) is 9.76.